The summed E-state index contributed by atoms with van der Waals surface area (Å²) in [5.41, 5.74) is -0.0734. The second-order valence-electron chi connectivity index (χ2n) is 4.01. The van der Waals surface area contributed by atoms with Crippen LogP contribution >= 0.6 is 15.9 Å². The predicted molar refractivity (Wildman–Crippen MR) is 79.8 cm³/mol. The second kappa shape index (κ2) is 6.31. The third-order valence-electron chi connectivity index (χ3n) is 2.51. The van der Waals surface area contributed by atoms with Gasteiger partial charge in [0.15, 0.2) is 0 Å². The minimum absolute atomic E-state index is 0.265. The van der Waals surface area contributed by atoms with E-state index in [2.05, 4.69) is 26.6 Å². The molecule has 0 spiro atoms. The fourth-order valence-electron chi connectivity index (χ4n) is 1.54. The Hall–Kier alpha value is -2.48. The van der Waals surface area contributed by atoms with Gasteiger partial charge in [-0.15, -0.1) is 0 Å². The van der Waals surface area contributed by atoms with Gasteiger partial charge in [-0.05, 0) is 30.3 Å². The lowest BCUT2D eigenvalue weighted by Crippen LogP contribution is -2.20. The van der Waals surface area contributed by atoms with E-state index in [4.69, 9.17) is 0 Å². The minimum atomic E-state index is -0.758. The molecule has 8 heteroatoms. The van der Waals surface area contributed by atoms with Crippen molar-refractivity contribution in [2.24, 2.45) is 0 Å². The van der Waals surface area contributed by atoms with Crippen LogP contribution in [-0.4, -0.2) is 11.0 Å². The molecule has 0 aromatic heterocycles. The molecule has 2 N–H and O–H groups in total. The number of hydrogen-bond acceptors (Lipinski definition) is 3. The van der Waals surface area contributed by atoms with Crippen molar-refractivity contribution in [1.29, 1.82) is 0 Å². The number of nitrogens with zero attached hydrogens (tertiary/aromatic N) is 1. The number of hydrogen-bond donors (Lipinski definition) is 2. The van der Waals surface area contributed by atoms with Gasteiger partial charge in [-0.1, -0.05) is 15.9 Å². The zero-order valence-electron chi connectivity index (χ0n) is 10.5. The Morgan fingerprint density at radius 3 is 2.43 bits per heavy atom. The van der Waals surface area contributed by atoms with Crippen LogP contribution in [-0.2, 0) is 0 Å². The normalized spacial score (nSPS) is 10.0. The van der Waals surface area contributed by atoms with Gasteiger partial charge < -0.3 is 10.6 Å². The summed E-state index contributed by atoms with van der Waals surface area (Å²) in [6, 6.07) is 8.95. The summed E-state index contributed by atoms with van der Waals surface area (Å²) in [6.45, 7) is 0. The van der Waals surface area contributed by atoms with E-state index in [9.17, 15) is 19.3 Å². The van der Waals surface area contributed by atoms with Gasteiger partial charge in [-0.3, -0.25) is 10.1 Å². The van der Waals surface area contributed by atoms with Gasteiger partial charge in [-0.2, -0.15) is 0 Å². The number of rotatable bonds is 3. The third kappa shape index (κ3) is 3.99. The first kappa shape index (κ1) is 14.9. The Morgan fingerprint density at radius 1 is 1.14 bits per heavy atom. The molecule has 0 aliphatic rings. The summed E-state index contributed by atoms with van der Waals surface area (Å²) >= 11 is 3.25. The van der Waals surface area contributed by atoms with E-state index in [1.54, 1.807) is 24.3 Å². The van der Waals surface area contributed by atoms with Crippen LogP contribution in [0.25, 0.3) is 0 Å². The molecule has 2 aromatic rings. The number of carbonyl (C=O) groups is 1. The summed E-state index contributed by atoms with van der Waals surface area (Å²) in [6.07, 6.45) is 0. The Kier molecular flexibility index (Phi) is 4.49. The van der Waals surface area contributed by atoms with Crippen LogP contribution in [0.2, 0.25) is 0 Å². The van der Waals surface area contributed by atoms with Gasteiger partial charge in [0, 0.05) is 22.3 Å². The van der Waals surface area contributed by atoms with Crippen molar-refractivity contribution in [1.82, 2.24) is 0 Å². The van der Waals surface area contributed by atoms with Gasteiger partial charge in [0.1, 0.15) is 5.82 Å². The molecule has 0 saturated carbocycles. The smallest absolute Gasteiger partial charge is 0.308 e. The molecule has 21 heavy (non-hydrogen) atoms. The number of nitrogens with one attached hydrogen (secondary N) is 2. The predicted octanol–water partition coefficient (Wildman–Crippen LogP) is 4.14. The molecular weight excluding hydrogens is 345 g/mol. The molecule has 0 unspecified atom stereocenters. The second-order valence-corrected chi connectivity index (χ2v) is 4.92. The number of nitro groups is 1. The maximum Gasteiger partial charge on any atom is 0.323 e. The average molecular weight is 354 g/mol. The van der Waals surface area contributed by atoms with E-state index in [1.807, 2.05) is 0 Å². The molecule has 2 aromatic carbocycles. The van der Waals surface area contributed by atoms with Crippen LogP contribution in [0.4, 0.5) is 26.2 Å². The van der Waals surface area contributed by atoms with Crippen molar-refractivity contribution in [3.63, 3.8) is 0 Å². The topological polar surface area (TPSA) is 84.3 Å². The van der Waals surface area contributed by atoms with Gasteiger partial charge in [-0.25, -0.2) is 9.18 Å². The minimum Gasteiger partial charge on any atom is -0.308 e. The molecular formula is C13H9BrFN3O3. The Labute approximate surface area is 127 Å². The van der Waals surface area contributed by atoms with Crippen LogP contribution in [0.3, 0.4) is 0 Å². The summed E-state index contributed by atoms with van der Waals surface area (Å²) in [5.74, 6) is -0.758. The summed E-state index contributed by atoms with van der Waals surface area (Å²) in [4.78, 5) is 21.7. The Balaban J connectivity index is 2.10. The highest BCUT2D eigenvalue weighted by Gasteiger charge is 2.13. The van der Waals surface area contributed by atoms with E-state index in [1.165, 1.54) is 0 Å². The average Bonchev–Trinajstić information content (AvgIpc) is 2.43. The van der Waals surface area contributed by atoms with Gasteiger partial charge in [0.25, 0.3) is 5.69 Å². The SMILES string of the molecule is O=C(Nc1ccc(Br)cc1)Nc1cc([N+](=O)[O-])ccc1F. The van der Waals surface area contributed by atoms with Crippen LogP contribution < -0.4 is 10.6 Å². The van der Waals surface area contributed by atoms with E-state index < -0.39 is 16.8 Å². The van der Waals surface area contributed by atoms with Crippen LogP contribution in [0.1, 0.15) is 0 Å². The van der Waals surface area contributed by atoms with Gasteiger partial charge in [0.2, 0.25) is 0 Å². The van der Waals surface area contributed by atoms with Crippen LogP contribution in [0, 0.1) is 15.9 Å². The standard InChI is InChI=1S/C13H9BrFN3O3/c14-8-1-3-9(4-2-8)16-13(19)17-12-7-10(18(20)21)5-6-11(12)15/h1-7H,(H2,16,17,19). The molecule has 0 radical (unpaired) electrons. The molecule has 0 bridgehead atoms. The Bertz CT molecular complexity index is 692. The molecule has 0 atom stereocenters. The molecule has 0 aliphatic heterocycles. The van der Waals surface area contributed by atoms with Gasteiger partial charge in [0.05, 0.1) is 10.6 Å². The first-order chi connectivity index (χ1) is 9.95. The first-order valence-electron chi connectivity index (χ1n) is 5.73. The number of urea groups is 1. The summed E-state index contributed by atoms with van der Waals surface area (Å²) < 4.78 is 14.4. The highest BCUT2D eigenvalue weighted by atomic mass is 79.9. The van der Waals surface area contributed by atoms with Gasteiger partial charge >= 0.3 is 6.03 Å². The lowest BCUT2D eigenvalue weighted by Gasteiger charge is -2.08. The zero-order chi connectivity index (χ0) is 15.4. The molecule has 0 heterocycles. The number of halogens is 2. The number of amides is 2. The molecule has 0 aliphatic carbocycles. The lowest BCUT2D eigenvalue weighted by molar-refractivity contribution is -0.384. The molecule has 108 valence electrons. The fourth-order valence-corrected chi connectivity index (χ4v) is 1.80. The monoisotopic (exact) mass is 353 g/mol. The van der Waals surface area contributed by atoms with Crippen molar-refractivity contribution in [3.05, 3.63) is 62.9 Å². The molecule has 0 saturated heterocycles. The summed E-state index contributed by atoms with van der Waals surface area (Å²) in [5, 5.41) is 15.3. The largest absolute Gasteiger partial charge is 0.323 e. The molecule has 2 rings (SSSR count). The summed E-state index contributed by atoms with van der Waals surface area (Å²) in [7, 11) is 0. The number of benzene rings is 2. The first-order valence-corrected chi connectivity index (χ1v) is 6.52. The van der Waals surface area contributed by atoms with E-state index >= 15 is 0 Å². The maximum atomic E-state index is 13.5. The quantitative estimate of drug-likeness (QED) is 0.642. The third-order valence-corrected chi connectivity index (χ3v) is 3.04. The Morgan fingerprint density at radius 2 is 1.81 bits per heavy atom. The number of nitro benzene ring substituents is 1. The maximum absolute atomic E-state index is 13.5. The van der Waals surface area contributed by atoms with Crippen molar-refractivity contribution in [3.8, 4) is 0 Å². The van der Waals surface area contributed by atoms with Crippen molar-refractivity contribution < 1.29 is 14.1 Å². The number of carbonyl (C=O) groups excluding carboxylic acids is 1. The number of anilines is 2. The van der Waals surface area contributed by atoms with Crippen molar-refractivity contribution in [2.75, 3.05) is 10.6 Å². The van der Waals surface area contributed by atoms with Crippen LogP contribution in [0.5, 0.6) is 0 Å². The zero-order valence-corrected chi connectivity index (χ0v) is 12.1. The van der Waals surface area contributed by atoms with Crippen molar-refractivity contribution >= 4 is 39.0 Å². The van der Waals surface area contributed by atoms with Crippen molar-refractivity contribution in [2.45, 2.75) is 0 Å². The highest BCUT2D eigenvalue weighted by Crippen LogP contribution is 2.21. The highest BCUT2D eigenvalue weighted by molar-refractivity contribution is 9.10. The van der Waals surface area contributed by atoms with E-state index in [0.29, 0.717) is 5.69 Å². The van der Waals surface area contributed by atoms with E-state index in [0.717, 1.165) is 22.7 Å². The molecule has 2 amide bonds. The fraction of sp³-hybridized carbons (Fsp3) is 0. The van der Waals surface area contributed by atoms with Crippen LogP contribution in [0.15, 0.2) is 46.9 Å². The molecule has 0 fully saturated rings. The lowest BCUT2D eigenvalue weighted by atomic mass is 10.2. The number of non-ortho nitro benzene ring substituents is 1. The van der Waals surface area contributed by atoms with E-state index in [-0.39, 0.29) is 11.4 Å². The molecule has 6 nitrogen and oxygen atoms in total.